The molecule has 1 heterocycles. The summed E-state index contributed by atoms with van der Waals surface area (Å²) in [6.45, 7) is 4.66. The van der Waals surface area contributed by atoms with Gasteiger partial charge < -0.3 is 5.32 Å². The standard InChI is InChI=1S/C15H18Cl2FN3/c1-4-15-10(8-21(3)20-15)7-19-9(2)11-5-14(18)13(17)6-12(11)16/h5-6,8-9,19H,4,7H2,1-3H3. The molecule has 1 unspecified atom stereocenters. The van der Waals surface area contributed by atoms with Crippen LogP contribution in [0.3, 0.4) is 0 Å². The van der Waals surface area contributed by atoms with Crippen LogP contribution in [0.2, 0.25) is 10.0 Å². The van der Waals surface area contributed by atoms with Crippen LogP contribution in [-0.2, 0) is 20.0 Å². The van der Waals surface area contributed by atoms with Gasteiger partial charge in [0.2, 0.25) is 0 Å². The maximum Gasteiger partial charge on any atom is 0.142 e. The summed E-state index contributed by atoms with van der Waals surface area (Å²) in [5, 5.41) is 8.24. The summed E-state index contributed by atoms with van der Waals surface area (Å²) >= 11 is 11.8. The fourth-order valence-electron chi connectivity index (χ4n) is 2.27. The fourth-order valence-corrected chi connectivity index (χ4v) is 2.82. The second-order valence-corrected chi connectivity index (χ2v) is 5.83. The van der Waals surface area contributed by atoms with Crippen molar-refractivity contribution in [3.63, 3.8) is 0 Å². The van der Waals surface area contributed by atoms with E-state index in [1.54, 1.807) is 4.68 Å². The minimum atomic E-state index is -0.458. The van der Waals surface area contributed by atoms with E-state index in [4.69, 9.17) is 23.2 Å². The lowest BCUT2D eigenvalue weighted by molar-refractivity contribution is 0.563. The highest BCUT2D eigenvalue weighted by atomic mass is 35.5. The van der Waals surface area contributed by atoms with E-state index in [2.05, 4.69) is 17.3 Å². The molecule has 1 aromatic carbocycles. The van der Waals surface area contributed by atoms with Gasteiger partial charge in [-0.1, -0.05) is 30.1 Å². The number of nitrogens with zero attached hydrogens (tertiary/aromatic N) is 2. The summed E-state index contributed by atoms with van der Waals surface area (Å²) < 4.78 is 15.4. The van der Waals surface area contributed by atoms with Crippen molar-refractivity contribution >= 4 is 23.2 Å². The molecule has 0 radical (unpaired) electrons. The predicted octanol–water partition coefficient (Wildman–Crippen LogP) is 4.28. The highest BCUT2D eigenvalue weighted by molar-refractivity contribution is 6.35. The Morgan fingerprint density at radius 3 is 2.71 bits per heavy atom. The van der Waals surface area contributed by atoms with E-state index in [1.807, 2.05) is 20.2 Å². The summed E-state index contributed by atoms with van der Waals surface area (Å²) in [6, 6.07) is 2.73. The van der Waals surface area contributed by atoms with E-state index in [1.165, 1.54) is 12.1 Å². The maximum absolute atomic E-state index is 13.6. The monoisotopic (exact) mass is 329 g/mol. The lowest BCUT2D eigenvalue weighted by Gasteiger charge is -2.16. The van der Waals surface area contributed by atoms with Crippen molar-refractivity contribution in [3.05, 3.63) is 51.0 Å². The molecule has 21 heavy (non-hydrogen) atoms. The Bertz CT molecular complexity index is 640. The molecule has 0 saturated heterocycles. The average Bonchev–Trinajstić information content (AvgIpc) is 2.80. The van der Waals surface area contributed by atoms with Crippen molar-refractivity contribution in [3.8, 4) is 0 Å². The summed E-state index contributed by atoms with van der Waals surface area (Å²) in [4.78, 5) is 0. The quantitative estimate of drug-likeness (QED) is 0.830. The summed E-state index contributed by atoms with van der Waals surface area (Å²) in [6.07, 6.45) is 2.87. The molecular weight excluding hydrogens is 312 g/mol. The van der Waals surface area contributed by atoms with Crippen LogP contribution in [0.5, 0.6) is 0 Å². The summed E-state index contributed by atoms with van der Waals surface area (Å²) in [5.74, 6) is -0.458. The number of benzene rings is 1. The lowest BCUT2D eigenvalue weighted by Crippen LogP contribution is -2.19. The highest BCUT2D eigenvalue weighted by Gasteiger charge is 2.14. The van der Waals surface area contributed by atoms with Crippen molar-refractivity contribution in [1.82, 2.24) is 15.1 Å². The smallest absolute Gasteiger partial charge is 0.142 e. The third-order valence-corrected chi connectivity index (χ3v) is 4.05. The first-order valence-corrected chi connectivity index (χ1v) is 7.57. The van der Waals surface area contributed by atoms with Gasteiger partial charge in [-0.2, -0.15) is 5.10 Å². The molecule has 0 fully saturated rings. The lowest BCUT2D eigenvalue weighted by atomic mass is 10.1. The zero-order valence-electron chi connectivity index (χ0n) is 12.3. The minimum absolute atomic E-state index is 0.0384. The van der Waals surface area contributed by atoms with E-state index in [-0.39, 0.29) is 11.1 Å². The van der Waals surface area contributed by atoms with E-state index in [9.17, 15) is 4.39 Å². The molecule has 0 aliphatic carbocycles. The largest absolute Gasteiger partial charge is 0.306 e. The van der Waals surface area contributed by atoms with Gasteiger partial charge in [0, 0.05) is 36.4 Å². The van der Waals surface area contributed by atoms with Crippen molar-refractivity contribution in [2.75, 3.05) is 0 Å². The molecule has 0 bridgehead atoms. The molecule has 1 aromatic heterocycles. The molecule has 0 aliphatic heterocycles. The molecule has 2 rings (SSSR count). The average molecular weight is 330 g/mol. The molecule has 114 valence electrons. The molecule has 0 saturated carbocycles. The normalized spacial score (nSPS) is 12.7. The number of hydrogen-bond acceptors (Lipinski definition) is 2. The second-order valence-electron chi connectivity index (χ2n) is 5.02. The predicted molar refractivity (Wildman–Crippen MR) is 84.3 cm³/mol. The topological polar surface area (TPSA) is 29.9 Å². The van der Waals surface area contributed by atoms with Crippen LogP contribution in [0.25, 0.3) is 0 Å². The van der Waals surface area contributed by atoms with Gasteiger partial charge >= 0.3 is 0 Å². The van der Waals surface area contributed by atoms with Gasteiger partial charge in [0.25, 0.3) is 0 Å². The van der Waals surface area contributed by atoms with Crippen LogP contribution in [0, 0.1) is 5.82 Å². The number of nitrogens with one attached hydrogen (secondary N) is 1. The Morgan fingerprint density at radius 1 is 1.33 bits per heavy atom. The number of aromatic nitrogens is 2. The zero-order chi connectivity index (χ0) is 15.6. The van der Waals surface area contributed by atoms with Crippen LogP contribution < -0.4 is 5.32 Å². The van der Waals surface area contributed by atoms with Crippen molar-refractivity contribution in [2.24, 2.45) is 7.05 Å². The van der Waals surface area contributed by atoms with Crippen molar-refractivity contribution < 1.29 is 4.39 Å². The first-order valence-electron chi connectivity index (χ1n) is 6.81. The molecule has 0 spiro atoms. The van der Waals surface area contributed by atoms with Crippen LogP contribution in [0.15, 0.2) is 18.3 Å². The zero-order valence-corrected chi connectivity index (χ0v) is 13.8. The molecule has 3 nitrogen and oxygen atoms in total. The Balaban J connectivity index is 2.11. The number of aryl methyl sites for hydroxylation is 2. The Labute approximate surface area is 134 Å². The number of halogens is 3. The Hall–Kier alpha value is -1.10. The molecule has 0 aliphatic rings. The third-order valence-electron chi connectivity index (χ3n) is 3.43. The SMILES string of the molecule is CCc1nn(C)cc1CNC(C)c1cc(F)c(Cl)cc1Cl. The summed E-state index contributed by atoms with van der Waals surface area (Å²) in [5.41, 5.74) is 2.89. The maximum atomic E-state index is 13.6. The van der Waals surface area contributed by atoms with Gasteiger partial charge in [-0.3, -0.25) is 4.68 Å². The van der Waals surface area contributed by atoms with Gasteiger partial charge in [-0.05, 0) is 31.0 Å². The number of rotatable bonds is 5. The second kappa shape index (κ2) is 6.77. The van der Waals surface area contributed by atoms with E-state index in [0.29, 0.717) is 17.1 Å². The Kier molecular flexibility index (Phi) is 5.25. The third kappa shape index (κ3) is 3.76. The van der Waals surface area contributed by atoms with E-state index < -0.39 is 5.82 Å². The molecule has 0 amide bonds. The molecule has 2 aromatic rings. The van der Waals surface area contributed by atoms with Gasteiger partial charge in [-0.15, -0.1) is 0 Å². The molecule has 6 heteroatoms. The van der Waals surface area contributed by atoms with Crippen LogP contribution in [0.4, 0.5) is 4.39 Å². The molecule has 1 atom stereocenters. The highest BCUT2D eigenvalue weighted by Crippen LogP contribution is 2.28. The minimum Gasteiger partial charge on any atom is -0.306 e. The van der Waals surface area contributed by atoms with Gasteiger partial charge in [0.1, 0.15) is 5.82 Å². The number of hydrogen-bond donors (Lipinski definition) is 1. The van der Waals surface area contributed by atoms with E-state index >= 15 is 0 Å². The van der Waals surface area contributed by atoms with Gasteiger partial charge in [0.15, 0.2) is 0 Å². The van der Waals surface area contributed by atoms with Crippen LogP contribution in [-0.4, -0.2) is 9.78 Å². The fraction of sp³-hybridized carbons (Fsp3) is 0.400. The van der Waals surface area contributed by atoms with Gasteiger partial charge in [-0.25, -0.2) is 4.39 Å². The molecule has 1 N–H and O–H groups in total. The van der Waals surface area contributed by atoms with Gasteiger partial charge in [0.05, 0.1) is 10.7 Å². The van der Waals surface area contributed by atoms with Crippen molar-refractivity contribution in [1.29, 1.82) is 0 Å². The van der Waals surface area contributed by atoms with E-state index in [0.717, 1.165) is 17.7 Å². The van der Waals surface area contributed by atoms with Crippen LogP contribution in [0.1, 0.15) is 36.7 Å². The summed E-state index contributed by atoms with van der Waals surface area (Å²) in [7, 11) is 1.90. The Morgan fingerprint density at radius 2 is 2.05 bits per heavy atom. The molecular formula is C15H18Cl2FN3. The first-order chi connectivity index (χ1) is 9.92. The first kappa shape index (κ1) is 16.3. The van der Waals surface area contributed by atoms with Crippen LogP contribution >= 0.6 is 23.2 Å². The van der Waals surface area contributed by atoms with Crippen molar-refractivity contribution in [2.45, 2.75) is 32.9 Å².